The number of benzene rings is 2. The van der Waals surface area contributed by atoms with Gasteiger partial charge in [0.05, 0.1) is 12.1 Å². The molecule has 0 fully saturated rings. The molecule has 2 N–H and O–H groups in total. The summed E-state index contributed by atoms with van der Waals surface area (Å²) in [6.45, 7) is 6.18. The van der Waals surface area contributed by atoms with Gasteiger partial charge in [-0.3, -0.25) is 0 Å². The van der Waals surface area contributed by atoms with Crippen LogP contribution in [0.2, 0.25) is 5.02 Å². The lowest BCUT2D eigenvalue weighted by Gasteiger charge is -2.02. The molecule has 2 aromatic heterocycles. The molecule has 0 aliphatic carbocycles. The number of hydrogen-bond donors (Lipinski definition) is 2. The van der Waals surface area contributed by atoms with Crippen LogP contribution < -0.4 is 0 Å². The average Bonchev–Trinajstić information content (AvgIpc) is 3.07. The molecule has 4 nitrogen and oxygen atoms in total. The highest BCUT2D eigenvalue weighted by Crippen LogP contribution is 2.36. The second-order valence-corrected chi connectivity index (χ2v) is 6.44. The molecule has 0 bridgehead atoms. The zero-order valence-corrected chi connectivity index (χ0v) is 14.5. The Balaban J connectivity index is 2.08. The minimum absolute atomic E-state index is 0.317. The van der Waals surface area contributed by atoms with Crippen LogP contribution in [0.1, 0.15) is 28.5 Å². The fourth-order valence-corrected chi connectivity index (χ4v) is 3.69. The van der Waals surface area contributed by atoms with Gasteiger partial charge in [0.1, 0.15) is 5.69 Å². The molecule has 2 heterocycles. The Morgan fingerprint density at radius 3 is 2.62 bits per heavy atom. The number of carbonyl (C=O) groups is 1. The van der Waals surface area contributed by atoms with Gasteiger partial charge in [0.2, 0.25) is 0 Å². The van der Waals surface area contributed by atoms with E-state index in [0.717, 1.165) is 43.8 Å². The number of nitrogens with one attached hydrogen (secondary N) is 2. The minimum atomic E-state index is -0.317. The van der Waals surface area contributed by atoms with Crippen LogP contribution >= 0.6 is 11.6 Å². The molecule has 122 valence electrons. The summed E-state index contributed by atoms with van der Waals surface area (Å²) in [5.74, 6) is -0.317. The number of carbonyl (C=O) groups excluding carboxylic acids is 1. The summed E-state index contributed by atoms with van der Waals surface area (Å²) in [6, 6.07) is 7.90. The quantitative estimate of drug-likeness (QED) is 0.490. The maximum absolute atomic E-state index is 12.2. The second kappa shape index (κ2) is 5.28. The third-order valence-corrected chi connectivity index (χ3v) is 4.83. The largest absolute Gasteiger partial charge is 0.461 e. The van der Waals surface area contributed by atoms with E-state index < -0.39 is 0 Å². The van der Waals surface area contributed by atoms with Gasteiger partial charge in [-0.2, -0.15) is 0 Å². The van der Waals surface area contributed by atoms with E-state index >= 15 is 0 Å². The first kappa shape index (κ1) is 15.1. The standard InChI is InChI=1S/C19H17ClN2O2/c1-4-24-19(23)18-10(3)16-9(2)17-13(8-15(16)22-18)12-7-11(20)5-6-14(12)21-17/h5-8,21-22H,4H2,1-3H3. The van der Waals surface area contributed by atoms with E-state index in [1.807, 2.05) is 25.1 Å². The lowest BCUT2D eigenvalue weighted by atomic mass is 10.0. The maximum atomic E-state index is 12.2. The van der Waals surface area contributed by atoms with Crippen LogP contribution in [-0.4, -0.2) is 22.5 Å². The van der Waals surface area contributed by atoms with Crippen LogP contribution in [0, 0.1) is 13.8 Å². The van der Waals surface area contributed by atoms with Crippen LogP contribution in [0.3, 0.4) is 0 Å². The number of ether oxygens (including phenoxy) is 1. The topological polar surface area (TPSA) is 57.9 Å². The van der Waals surface area contributed by atoms with Crippen molar-refractivity contribution < 1.29 is 9.53 Å². The third kappa shape index (κ3) is 2.03. The molecule has 2 aromatic carbocycles. The molecule has 0 unspecified atom stereocenters. The molecule has 0 aliphatic heterocycles. The second-order valence-electron chi connectivity index (χ2n) is 6.01. The number of aryl methyl sites for hydroxylation is 2. The molecule has 0 spiro atoms. The highest BCUT2D eigenvalue weighted by Gasteiger charge is 2.19. The van der Waals surface area contributed by atoms with Gasteiger partial charge >= 0.3 is 5.97 Å². The third-order valence-electron chi connectivity index (χ3n) is 4.60. The number of aromatic nitrogens is 2. The first-order chi connectivity index (χ1) is 11.5. The fraction of sp³-hybridized carbons (Fsp3) is 0.211. The summed E-state index contributed by atoms with van der Waals surface area (Å²) in [4.78, 5) is 18.9. The molecular formula is C19H17ClN2O2. The van der Waals surface area contributed by atoms with Crippen LogP contribution in [-0.2, 0) is 4.74 Å². The molecule has 0 amide bonds. The van der Waals surface area contributed by atoms with Gasteiger partial charge in [0.25, 0.3) is 0 Å². The van der Waals surface area contributed by atoms with Gasteiger partial charge in [-0.15, -0.1) is 0 Å². The first-order valence-electron chi connectivity index (χ1n) is 7.91. The van der Waals surface area contributed by atoms with Crippen molar-refractivity contribution in [3.05, 3.63) is 46.1 Å². The van der Waals surface area contributed by atoms with Crippen molar-refractivity contribution in [3.8, 4) is 0 Å². The summed E-state index contributed by atoms with van der Waals surface area (Å²) in [7, 11) is 0. The Labute approximate surface area is 143 Å². The number of aromatic amines is 2. The Morgan fingerprint density at radius 1 is 1.08 bits per heavy atom. The summed E-state index contributed by atoms with van der Waals surface area (Å²) < 4.78 is 5.15. The van der Waals surface area contributed by atoms with Crippen molar-refractivity contribution in [2.24, 2.45) is 0 Å². The maximum Gasteiger partial charge on any atom is 0.355 e. The Morgan fingerprint density at radius 2 is 1.88 bits per heavy atom. The molecular weight excluding hydrogens is 324 g/mol. The monoisotopic (exact) mass is 340 g/mol. The summed E-state index contributed by atoms with van der Waals surface area (Å²) in [5, 5.41) is 3.93. The van der Waals surface area contributed by atoms with Crippen molar-refractivity contribution in [1.82, 2.24) is 9.97 Å². The van der Waals surface area contributed by atoms with E-state index in [4.69, 9.17) is 16.3 Å². The minimum Gasteiger partial charge on any atom is -0.461 e. The Kier molecular flexibility index (Phi) is 3.32. The number of esters is 1. The molecule has 0 saturated heterocycles. The first-order valence-corrected chi connectivity index (χ1v) is 8.29. The van der Waals surface area contributed by atoms with Gasteiger partial charge in [0.15, 0.2) is 0 Å². The molecule has 4 rings (SSSR count). The van der Waals surface area contributed by atoms with Gasteiger partial charge in [-0.05, 0) is 56.2 Å². The normalized spacial score (nSPS) is 11.7. The van der Waals surface area contributed by atoms with Gasteiger partial charge in [0, 0.05) is 32.2 Å². The highest BCUT2D eigenvalue weighted by atomic mass is 35.5. The number of H-pyrrole nitrogens is 2. The molecule has 0 saturated carbocycles. The Hall–Kier alpha value is -2.46. The average molecular weight is 341 g/mol. The number of halogens is 1. The van der Waals surface area contributed by atoms with Gasteiger partial charge < -0.3 is 14.7 Å². The lowest BCUT2D eigenvalue weighted by molar-refractivity contribution is 0.0520. The summed E-state index contributed by atoms with van der Waals surface area (Å²) in [5.41, 5.74) is 5.59. The van der Waals surface area contributed by atoms with Gasteiger partial charge in [-0.25, -0.2) is 4.79 Å². The molecule has 0 aliphatic rings. The van der Waals surface area contributed by atoms with Gasteiger partial charge in [-0.1, -0.05) is 11.6 Å². The van der Waals surface area contributed by atoms with Crippen LogP contribution in [0.15, 0.2) is 24.3 Å². The molecule has 0 radical (unpaired) electrons. The Bertz CT molecular complexity index is 1120. The number of hydrogen-bond acceptors (Lipinski definition) is 2. The number of fused-ring (bicyclic) bond motifs is 4. The van der Waals surface area contributed by atoms with E-state index in [-0.39, 0.29) is 5.97 Å². The summed E-state index contributed by atoms with van der Waals surface area (Å²) >= 11 is 6.16. The van der Waals surface area contributed by atoms with Crippen LogP contribution in [0.4, 0.5) is 0 Å². The predicted molar refractivity (Wildman–Crippen MR) is 98.1 cm³/mol. The highest BCUT2D eigenvalue weighted by molar-refractivity contribution is 6.32. The van der Waals surface area contributed by atoms with E-state index in [0.29, 0.717) is 17.3 Å². The van der Waals surface area contributed by atoms with E-state index in [1.165, 1.54) is 0 Å². The number of rotatable bonds is 2. The van der Waals surface area contributed by atoms with Crippen molar-refractivity contribution >= 4 is 50.3 Å². The predicted octanol–water partition coefficient (Wildman–Crippen LogP) is 5.25. The smallest absolute Gasteiger partial charge is 0.355 e. The molecule has 5 heteroatoms. The van der Waals surface area contributed by atoms with Crippen molar-refractivity contribution in [3.63, 3.8) is 0 Å². The van der Waals surface area contributed by atoms with Crippen LogP contribution in [0.5, 0.6) is 0 Å². The fourth-order valence-electron chi connectivity index (χ4n) is 3.52. The van der Waals surface area contributed by atoms with Crippen molar-refractivity contribution in [2.75, 3.05) is 6.61 Å². The van der Waals surface area contributed by atoms with E-state index in [9.17, 15) is 4.79 Å². The zero-order valence-electron chi connectivity index (χ0n) is 13.7. The van der Waals surface area contributed by atoms with Crippen molar-refractivity contribution in [1.29, 1.82) is 0 Å². The molecule has 4 aromatic rings. The van der Waals surface area contributed by atoms with Crippen molar-refractivity contribution in [2.45, 2.75) is 20.8 Å². The SMILES string of the molecule is CCOC(=O)c1[nH]c2cc3c([nH]c4ccc(Cl)cc43)c(C)c2c1C. The summed E-state index contributed by atoms with van der Waals surface area (Å²) in [6.07, 6.45) is 0. The molecule has 0 atom stereocenters. The van der Waals surface area contributed by atoms with E-state index in [1.54, 1.807) is 6.92 Å². The van der Waals surface area contributed by atoms with Crippen LogP contribution in [0.25, 0.3) is 32.7 Å². The van der Waals surface area contributed by atoms with E-state index in [2.05, 4.69) is 23.0 Å². The lowest BCUT2D eigenvalue weighted by Crippen LogP contribution is -2.06. The zero-order chi connectivity index (χ0) is 17.0. The molecule has 24 heavy (non-hydrogen) atoms.